The third kappa shape index (κ3) is 2.52. The van der Waals surface area contributed by atoms with Gasteiger partial charge >= 0.3 is 10.7 Å². The molecule has 1 atom stereocenters. The van der Waals surface area contributed by atoms with Gasteiger partial charge in [-0.05, 0) is 19.4 Å². The molecule has 1 aromatic rings. The Labute approximate surface area is 93.5 Å². The number of alkyl halides is 3. The van der Waals surface area contributed by atoms with E-state index in [9.17, 15) is 8.78 Å². The van der Waals surface area contributed by atoms with Crippen LogP contribution in [0.5, 0.6) is 0 Å². The molecule has 0 aliphatic carbocycles. The number of nitrogens with one attached hydrogen (secondary N) is 1. The molecule has 2 rings (SSSR count). The molecule has 1 saturated heterocycles. The van der Waals surface area contributed by atoms with Crippen molar-refractivity contribution in [1.82, 2.24) is 15.5 Å². The van der Waals surface area contributed by atoms with Gasteiger partial charge in [0.25, 0.3) is 0 Å². The number of nitrogens with zero attached hydrogens (tertiary/aromatic N) is 2. The Morgan fingerprint density at radius 1 is 1.53 bits per heavy atom. The first-order chi connectivity index (χ1) is 7.07. The van der Waals surface area contributed by atoms with Gasteiger partial charge in [0, 0.05) is 28.4 Å². The smallest absolute Gasteiger partial charge is 0.332 e. The minimum absolute atomic E-state index is 0.0751. The summed E-state index contributed by atoms with van der Waals surface area (Å²) in [6, 6.07) is 0. The molecule has 0 spiro atoms. The van der Waals surface area contributed by atoms with Crippen LogP contribution in [-0.2, 0) is 4.83 Å². The minimum atomic E-state index is -3.24. The topological polar surface area (TPSA) is 51.0 Å². The molecule has 2 heterocycles. The van der Waals surface area contributed by atoms with Crippen molar-refractivity contribution in [3.05, 3.63) is 11.7 Å². The second-order valence-electron chi connectivity index (χ2n) is 3.50. The first-order valence-corrected chi connectivity index (χ1v) is 5.48. The Morgan fingerprint density at radius 3 is 2.87 bits per heavy atom. The molecule has 4 nitrogen and oxygen atoms in total. The maximum absolute atomic E-state index is 12.7. The average Bonchev–Trinajstić information content (AvgIpc) is 2.67. The zero-order chi connectivity index (χ0) is 10.9. The van der Waals surface area contributed by atoms with Crippen LogP contribution >= 0.6 is 15.9 Å². The van der Waals surface area contributed by atoms with E-state index in [2.05, 4.69) is 35.9 Å². The molecule has 1 aliphatic heterocycles. The maximum atomic E-state index is 12.7. The van der Waals surface area contributed by atoms with E-state index in [1.807, 2.05) is 0 Å². The van der Waals surface area contributed by atoms with Crippen molar-refractivity contribution < 1.29 is 13.3 Å². The molecule has 0 saturated carbocycles. The molecule has 0 bridgehead atoms. The van der Waals surface area contributed by atoms with Gasteiger partial charge in [-0.2, -0.15) is 13.8 Å². The van der Waals surface area contributed by atoms with E-state index in [1.54, 1.807) is 0 Å². The van der Waals surface area contributed by atoms with Crippen LogP contribution in [-0.4, -0.2) is 23.2 Å². The Kier molecular flexibility index (Phi) is 3.01. The minimum Gasteiger partial charge on any atom is -0.332 e. The lowest BCUT2D eigenvalue weighted by Gasteiger charge is -2.19. The van der Waals surface area contributed by atoms with Crippen LogP contribution in [0.2, 0.25) is 0 Å². The second kappa shape index (κ2) is 4.13. The van der Waals surface area contributed by atoms with E-state index in [1.165, 1.54) is 0 Å². The third-order valence-corrected chi connectivity index (χ3v) is 2.69. The Bertz CT molecular complexity index is 333. The van der Waals surface area contributed by atoms with Gasteiger partial charge in [0.15, 0.2) is 5.82 Å². The predicted octanol–water partition coefficient (Wildman–Crippen LogP) is 1.98. The fourth-order valence-corrected chi connectivity index (χ4v) is 1.75. The van der Waals surface area contributed by atoms with Gasteiger partial charge in [-0.1, -0.05) is 5.16 Å². The summed E-state index contributed by atoms with van der Waals surface area (Å²) in [5.74, 6) is -0.245. The molecule has 15 heavy (non-hydrogen) atoms. The summed E-state index contributed by atoms with van der Waals surface area (Å²) in [5.41, 5.74) is 0. The summed E-state index contributed by atoms with van der Waals surface area (Å²) in [7, 11) is 0. The van der Waals surface area contributed by atoms with Crippen molar-refractivity contribution in [2.24, 2.45) is 0 Å². The molecule has 1 aliphatic rings. The second-order valence-corrected chi connectivity index (χ2v) is 4.49. The van der Waals surface area contributed by atoms with Crippen LogP contribution in [0.25, 0.3) is 0 Å². The molecule has 1 fully saturated rings. The van der Waals surface area contributed by atoms with Gasteiger partial charge in [-0.3, -0.25) is 0 Å². The molecule has 7 heteroatoms. The molecule has 0 radical (unpaired) electrons. The van der Waals surface area contributed by atoms with Gasteiger partial charge in [-0.25, -0.2) is 0 Å². The van der Waals surface area contributed by atoms with E-state index in [0.717, 1.165) is 19.4 Å². The van der Waals surface area contributed by atoms with E-state index in [4.69, 9.17) is 0 Å². The summed E-state index contributed by atoms with van der Waals surface area (Å²) in [4.78, 5) is 0.455. The highest BCUT2D eigenvalue weighted by atomic mass is 79.9. The van der Waals surface area contributed by atoms with Crippen molar-refractivity contribution in [1.29, 1.82) is 0 Å². The van der Waals surface area contributed by atoms with Gasteiger partial charge in [-0.15, -0.1) is 0 Å². The lowest BCUT2D eigenvalue weighted by atomic mass is 9.99. The molecule has 1 aromatic heterocycles. The summed E-state index contributed by atoms with van der Waals surface area (Å²) in [6.07, 6.45) is 1.90. The van der Waals surface area contributed by atoms with Crippen molar-refractivity contribution >= 4 is 15.9 Å². The summed E-state index contributed by atoms with van der Waals surface area (Å²) < 4.78 is 30.0. The SMILES string of the molecule is FC(F)(Br)c1nc(C2CCCNC2)no1. The van der Waals surface area contributed by atoms with Crippen LogP contribution in [0.3, 0.4) is 0 Å². The number of hydrogen-bond acceptors (Lipinski definition) is 4. The molecule has 1 unspecified atom stereocenters. The number of rotatable bonds is 2. The lowest BCUT2D eigenvalue weighted by Crippen LogP contribution is -2.29. The van der Waals surface area contributed by atoms with Crippen LogP contribution in [0.15, 0.2) is 4.52 Å². The number of hydrogen-bond donors (Lipinski definition) is 1. The van der Waals surface area contributed by atoms with E-state index in [0.29, 0.717) is 12.4 Å². The van der Waals surface area contributed by atoms with Crippen molar-refractivity contribution in [2.75, 3.05) is 13.1 Å². The fourth-order valence-electron chi connectivity index (χ4n) is 1.59. The largest absolute Gasteiger partial charge is 0.378 e. The van der Waals surface area contributed by atoms with Crippen molar-refractivity contribution in [3.63, 3.8) is 0 Å². The monoisotopic (exact) mass is 281 g/mol. The van der Waals surface area contributed by atoms with Crippen LogP contribution in [0.1, 0.15) is 30.5 Å². The molecule has 0 aromatic carbocycles. The summed E-state index contributed by atoms with van der Waals surface area (Å²) in [6.45, 7) is 1.67. The van der Waals surface area contributed by atoms with Crippen LogP contribution < -0.4 is 5.32 Å². The maximum Gasteiger partial charge on any atom is 0.378 e. The highest BCUT2D eigenvalue weighted by Crippen LogP contribution is 2.34. The third-order valence-electron chi connectivity index (χ3n) is 2.35. The molecule has 1 N–H and O–H groups in total. The van der Waals surface area contributed by atoms with Crippen LogP contribution in [0.4, 0.5) is 8.78 Å². The molecule has 84 valence electrons. The Morgan fingerprint density at radius 2 is 2.33 bits per heavy atom. The zero-order valence-electron chi connectivity index (χ0n) is 7.84. The molecule has 0 amide bonds. The molecular weight excluding hydrogens is 272 g/mol. The van der Waals surface area contributed by atoms with Gasteiger partial charge in [0.1, 0.15) is 0 Å². The summed E-state index contributed by atoms with van der Waals surface area (Å²) in [5, 5.41) is 6.73. The van der Waals surface area contributed by atoms with Gasteiger partial charge in [0.05, 0.1) is 0 Å². The van der Waals surface area contributed by atoms with E-state index < -0.39 is 10.7 Å². The number of piperidine rings is 1. The van der Waals surface area contributed by atoms with E-state index >= 15 is 0 Å². The summed E-state index contributed by atoms with van der Waals surface area (Å²) >= 11 is 2.18. The standard InChI is InChI=1S/C8H10BrF2N3O/c9-8(10,11)7-13-6(14-15-7)5-2-1-3-12-4-5/h5,12H,1-4H2. The Balaban J connectivity index is 2.12. The van der Waals surface area contributed by atoms with Crippen LogP contribution in [0, 0.1) is 0 Å². The first-order valence-electron chi connectivity index (χ1n) is 4.69. The van der Waals surface area contributed by atoms with Crippen molar-refractivity contribution in [3.8, 4) is 0 Å². The first kappa shape index (κ1) is 10.9. The number of aromatic nitrogens is 2. The lowest BCUT2D eigenvalue weighted by molar-refractivity contribution is 0.0725. The number of halogens is 3. The average molecular weight is 282 g/mol. The molecular formula is C8H10BrF2N3O. The zero-order valence-corrected chi connectivity index (χ0v) is 9.43. The highest BCUT2D eigenvalue weighted by Gasteiger charge is 2.35. The van der Waals surface area contributed by atoms with Gasteiger partial charge < -0.3 is 9.84 Å². The normalized spacial score (nSPS) is 23.0. The Hall–Kier alpha value is -0.560. The quantitative estimate of drug-likeness (QED) is 0.843. The predicted molar refractivity (Wildman–Crippen MR) is 52.0 cm³/mol. The van der Waals surface area contributed by atoms with E-state index in [-0.39, 0.29) is 5.92 Å². The van der Waals surface area contributed by atoms with Crippen molar-refractivity contribution in [2.45, 2.75) is 23.6 Å². The van der Waals surface area contributed by atoms with Gasteiger partial charge in [0.2, 0.25) is 0 Å². The fraction of sp³-hybridized carbons (Fsp3) is 0.750. The highest BCUT2D eigenvalue weighted by molar-refractivity contribution is 9.09.